The van der Waals surface area contributed by atoms with Gasteiger partial charge in [-0.05, 0) is 44.5 Å². The van der Waals surface area contributed by atoms with Crippen molar-refractivity contribution in [3.05, 3.63) is 102 Å². The van der Waals surface area contributed by atoms with Crippen LogP contribution in [-0.2, 0) is 16.0 Å². The molecule has 0 aliphatic carbocycles. The molecular formula is C29H29N3O4. The highest BCUT2D eigenvalue weighted by Crippen LogP contribution is 2.22. The molecule has 0 spiro atoms. The molecule has 0 bridgehead atoms. The number of hydrogen-bond donors (Lipinski definition) is 3. The Kier molecular flexibility index (Phi) is 7.20. The van der Waals surface area contributed by atoms with Crippen molar-refractivity contribution < 1.29 is 19.1 Å². The largest absolute Gasteiger partial charge is 0.444 e. The predicted molar refractivity (Wildman–Crippen MR) is 140 cm³/mol. The van der Waals surface area contributed by atoms with Crippen molar-refractivity contribution in [2.24, 2.45) is 0 Å². The highest BCUT2D eigenvalue weighted by atomic mass is 16.6. The number of carbonyl (C=O) groups excluding carboxylic acids is 3. The molecule has 184 valence electrons. The quantitative estimate of drug-likeness (QED) is 0.303. The number of para-hydroxylation sites is 2. The van der Waals surface area contributed by atoms with Gasteiger partial charge < -0.3 is 20.4 Å². The van der Waals surface area contributed by atoms with Crippen molar-refractivity contribution in [2.75, 3.05) is 5.32 Å². The number of hydrogen-bond acceptors (Lipinski definition) is 4. The number of alkyl carbamates (subject to hydrolysis) is 1. The number of nitrogens with one attached hydrogen (secondary N) is 3. The zero-order valence-corrected chi connectivity index (χ0v) is 20.5. The van der Waals surface area contributed by atoms with Crippen molar-refractivity contribution in [1.82, 2.24) is 10.3 Å². The van der Waals surface area contributed by atoms with Crippen LogP contribution in [0.25, 0.3) is 10.9 Å². The molecule has 3 N–H and O–H groups in total. The second-order valence-corrected chi connectivity index (χ2v) is 9.49. The maximum Gasteiger partial charge on any atom is 0.408 e. The van der Waals surface area contributed by atoms with Gasteiger partial charge in [0.1, 0.15) is 11.6 Å². The fourth-order valence-corrected chi connectivity index (χ4v) is 3.93. The van der Waals surface area contributed by atoms with Gasteiger partial charge >= 0.3 is 6.09 Å². The molecule has 4 rings (SSSR count). The molecule has 1 aromatic heterocycles. The summed E-state index contributed by atoms with van der Waals surface area (Å²) < 4.78 is 5.40. The molecule has 1 heterocycles. The molecule has 3 aromatic carbocycles. The third kappa shape index (κ3) is 5.99. The van der Waals surface area contributed by atoms with Crippen molar-refractivity contribution in [1.29, 1.82) is 0 Å². The zero-order valence-electron chi connectivity index (χ0n) is 20.5. The number of H-pyrrole nitrogens is 1. The van der Waals surface area contributed by atoms with Crippen LogP contribution in [0.2, 0.25) is 0 Å². The number of aromatic amines is 1. The van der Waals surface area contributed by atoms with Crippen LogP contribution in [0.3, 0.4) is 0 Å². The Labute approximate surface area is 209 Å². The number of ether oxygens (including phenoxy) is 1. The van der Waals surface area contributed by atoms with Crippen LogP contribution in [0.15, 0.2) is 85.1 Å². The standard InChI is InChI=1S/C29H29N3O4/c1-29(2,3)36-28(35)32-25(17-20-18-30-23-15-9-7-13-21(20)23)27(34)31-24-16-10-8-14-22(24)26(33)19-11-5-4-6-12-19/h4-16,18,25,30H,17H2,1-3H3,(H,31,34)(H,32,35)/t25-/m1/s1. The lowest BCUT2D eigenvalue weighted by atomic mass is 10.0. The first-order valence-electron chi connectivity index (χ1n) is 11.8. The summed E-state index contributed by atoms with van der Waals surface area (Å²) in [7, 11) is 0. The minimum absolute atomic E-state index is 0.209. The lowest BCUT2D eigenvalue weighted by molar-refractivity contribution is -0.118. The molecule has 0 aliphatic heterocycles. The highest BCUT2D eigenvalue weighted by Gasteiger charge is 2.27. The first-order valence-corrected chi connectivity index (χ1v) is 11.8. The number of fused-ring (bicyclic) bond motifs is 1. The summed E-state index contributed by atoms with van der Waals surface area (Å²) in [4.78, 5) is 42.4. The van der Waals surface area contributed by atoms with Gasteiger partial charge in [-0.1, -0.05) is 60.7 Å². The summed E-state index contributed by atoms with van der Waals surface area (Å²) in [6.45, 7) is 5.27. The Bertz CT molecular complexity index is 1390. The topological polar surface area (TPSA) is 100 Å². The summed E-state index contributed by atoms with van der Waals surface area (Å²) in [6.07, 6.45) is 1.36. The van der Waals surface area contributed by atoms with E-state index in [1.54, 1.807) is 69.3 Å². The summed E-state index contributed by atoms with van der Waals surface area (Å²) in [5, 5.41) is 6.51. The van der Waals surface area contributed by atoms with E-state index < -0.39 is 23.6 Å². The van der Waals surface area contributed by atoms with E-state index in [9.17, 15) is 14.4 Å². The molecule has 4 aromatic rings. The van der Waals surface area contributed by atoms with Gasteiger partial charge in [0.2, 0.25) is 5.91 Å². The summed E-state index contributed by atoms with van der Waals surface area (Å²) in [5.41, 5.74) is 2.33. The molecule has 7 heteroatoms. The smallest absolute Gasteiger partial charge is 0.408 e. The molecule has 0 radical (unpaired) electrons. The lowest BCUT2D eigenvalue weighted by Crippen LogP contribution is -2.47. The summed E-state index contributed by atoms with van der Waals surface area (Å²) in [6, 6.07) is 22.5. The Morgan fingerprint density at radius 3 is 2.31 bits per heavy atom. The fourth-order valence-electron chi connectivity index (χ4n) is 3.93. The van der Waals surface area contributed by atoms with Gasteiger partial charge in [0, 0.05) is 34.6 Å². The van der Waals surface area contributed by atoms with Gasteiger partial charge in [-0.15, -0.1) is 0 Å². The van der Waals surface area contributed by atoms with E-state index in [1.165, 1.54) is 0 Å². The first kappa shape index (κ1) is 24.7. The molecule has 0 saturated carbocycles. The molecule has 0 fully saturated rings. The summed E-state index contributed by atoms with van der Waals surface area (Å²) >= 11 is 0. The Balaban J connectivity index is 1.61. The molecule has 0 saturated heterocycles. The van der Waals surface area contributed by atoms with E-state index in [0.717, 1.165) is 16.5 Å². The molecular weight excluding hydrogens is 454 g/mol. The number of anilines is 1. The first-order chi connectivity index (χ1) is 17.2. The van der Waals surface area contributed by atoms with E-state index >= 15 is 0 Å². The molecule has 36 heavy (non-hydrogen) atoms. The number of amides is 2. The average molecular weight is 484 g/mol. The monoisotopic (exact) mass is 483 g/mol. The maximum atomic E-state index is 13.5. The van der Waals surface area contributed by atoms with Crippen molar-refractivity contribution in [2.45, 2.75) is 38.8 Å². The molecule has 2 amide bonds. The minimum Gasteiger partial charge on any atom is -0.444 e. The minimum atomic E-state index is -0.945. The highest BCUT2D eigenvalue weighted by molar-refractivity contribution is 6.14. The van der Waals surface area contributed by atoms with Crippen LogP contribution >= 0.6 is 0 Å². The normalized spacial score (nSPS) is 12.1. The molecule has 1 atom stereocenters. The Hall–Kier alpha value is -4.39. The van der Waals surface area contributed by atoms with Gasteiger partial charge in [0.15, 0.2) is 5.78 Å². The van der Waals surface area contributed by atoms with Gasteiger partial charge in [-0.25, -0.2) is 4.79 Å². The summed E-state index contributed by atoms with van der Waals surface area (Å²) in [5.74, 6) is -0.667. The predicted octanol–water partition coefficient (Wildman–Crippen LogP) is 5.47. The maximum absolute atomic E-state index is 13.5. The third-order valence-electron chi connectivity index (χ3n) is 5.57. The van der Waals surface area contributed by atoms with Gasteiger partial charge in [0.25, 0.3) is 0 Å². The Morgan fingerprint density at radius 1 is 0.889 bits per heavy atom. The second kappa shape index (κ2) is 10.5. The molecule has 0 unspecified atom stereocenters. The van der Waals surface area contributed by atoms with E-state index in [0.29, 0.717) is 16.8 Å². The Morgan fingerprint density at radius 2 is 1.56 bits per heavy atom. The van der Waals surface area contributed by atoms with E-state index in [1.807, 2.05) is 36.5 Å². The number of rotatable bonds is 7. The van der Waals surface area contributed by atoms with E-state index in [4.69, 9.17) is 4.74 Å². The second-order valence-electron chi connectivity index (χ2n) is 9.49. The molecule has 0 aliphatic rings. The number of benzene rings is 3. The van der Waals surface area contributed by atoms with Crippen LogP contribution in [0.1, 0.15) is 42.3 Å². The lowest BCUT2D eigenvalue weighted by Gasteiger charge is -2.23. The number of aromatic nitrogens is 1. The van der Waals surface area contributed by atoms with Crippen molar-refractivity contribution >= 4 is 34.4 Å². The van der Waals surface area contributed by atoms with Crippen LogP contribution < -0.4 is 10.6 Å². The zero-order chi connectivity index (χ0) is 25.7. The van der Waals surface area contributed by atoms with Gasteiger partial charge in [0.05, 0.1) is 5.69 Å². The van der Waals surface area contributed by atoms with Crippen molar-refractivity contribution in [3.8, 4) is 0 Å². The fraction of sp³-hybridized carbons (Fsp3) is 0.207. The van der Waals surface area contributed by atoms with Crippen LogP contribution in [0.5, 0.6) is 0 Å². The van der Waals surface area contributed by atoms with Gasteiger partial charge in [-0.3, -0.25) is 9.59 Å². The van der Waals surface area contributed by atoms with Crippen molar-refractivity contribution in [3.63, 3.8) is 0 Å². The van der Waals surface area contributed by atoms with Gasteiger partial charge in [-0.2, -0.15) is 0 Å². The third-order valence-corrected chi connectivity index (χ3v) is 5.57. The average Bonchev–Trinajstić information content (AvgIpc) is 3.26. The SMILES string of the molecule is CC(C)(C)OC(=O)N[C@H](Cc1c[nH]c2ccccc12)C(=O)Nc1ccccc1C(=O)c1ccccc1. The van der Waals surface area contributed by atoms with E-state index in [-0.39, 0.29) is 12.2 Å². The number of carbonyl (C=O) groups is 3. The number of ketones is 1. The van der Waals surface area contributed by atoms with Crippen LogP contribution in [0.4, 0.5) is 10.5 Å². The van der Waals surface area contributed by atoms with Crippen LogP contribution in [-0.4, -0.2) is 34.4 Å². The van der Waals surface area contributed by atoms with Crippen LogP contribution in [0, 0.1) is 0 Å². The van der Waals surface area contributed by atoms with E-state index in [2.05, 4.69) is 15.6 Å². The molecule has 7 nitrogen and oxygen atoms in total.